The van der Waals surface area contributed by atoms with Crippen molar-refractivity contribution < 1.29 is 4.79 Å². The van der Waals surface area contributed by atoms with Crippen molar-refractivity contribution in [2.75, 3.05) is 11.9 Å². The van der Waals surface area contributed by atoms with E-state index >= 15 is 0 Å². The number of carbonyl (C=O) groups excluding carboxylic acids is 1. The molecule has 1 heterocycles. The topological polar surface area (TPSA) is 41.1 Å². The van der Waals surface area contributed by atoms with Crippen molar-refractivity contribution in [3.8, 4) is 0 Å². The first kappa shape index (κ1) is 12.2. The number of carbonyl (C=O) groups is 1. The van der Waals surface area contributed by atoms with Gasteiger partial charge in [0.15, 0.2) is 0 Å². The van der Waals surface area contributed by atoms with E-state index in [-0.39, 0.29) is 18.5 Å². The Kier molecular flexibility index (Phi) is 3.23. The van der Waals surface area contributed by atoms with Gasteiger partial charge in [0.2, 0.25) is 5.91 Å². The molecule has 1 aliphatic rings. The quantitative estimate of drug-likeness (QED) is 0.838. The third-order valence-corrected chi connectivity index (χ3v) is 3.43. The Bertz CT molecular complexity index is 613. The van der Waals surface area contributed by atoms with E-state index in [1.807, 2.05) is 42.5 Å². The van der Waals surface area contributed by atoms with Crippen LogP contribution in [0.5, 0.6) is 0 Å². The summed E-state index contributed by atoms with van der Waals surface area (Å²) in [7, 11) is 0. The van der Waals surface area contributed by atoms with Crippen LogP contribution in [0.3, 0.4) is 0 Å². The molecule has 0 radical (unpaired) electrons. The molecule has 2 aromatic rings. The van der Waals surface area contributed by atoms with E-state index in [9.17, 15) is 4.79 Å². The summed E-state index contributed by atoms with van der Waals surface area (Å²) in [5.41, 5.74) is 2.92. The first-order chi connectivity index (χ1) is 9.24. The van der Waals surface area contributed by atoms with Crippen molar-refractivity contribution >= 4 is 23.2 Å². The highest BCUT2D eigenvalue weighted by Gasteiger charge is 2.22. The number of amides is 1. The van der Waals surface area contributed by atoms with Gasteiger partial charge in [0.25, 0.3) is 0 Å². The second-order valence-corrected chi connectivity index (χ2v) is 4.94. The predicted molar refractivity (Wildman–Crippen MR) is 76.4 cm³/mol. The van der Waals surface area contributed by atoms with Gasteiger partial charge in [-0.3, -0.25) is 10.1 Å². The summed E-state index contributed by atoms with van der Waals surface area (Å²) in [6.45, 7) is 0.284. The molecule has 2 aromatic carbocycles. The van der Waals surface area contributed by atoms with Crippen LogP contribution in [0.25, 0.3) is 0 Å². The van der Waals surface area contributed by atoms with Crippen LogP contribution < -0.4 is 10.6 Å². The zero-order valence-corrected chi connectivity index (χ0v) is 10.9. The summed E-state index contributed by atoms with van der Waals surface area (Å²) in [4.78, 5) is 11.7. The normalized spacial score (nSPS) is 18.4. The highest BCUT2D eigenvalue weighted by Crippen LogP contribution is 2.32. The Morgan fingerprint density at radius 1 is 1.11 bits per heavy atom. The molecule has 0 bridgehead atoms. The zero-order valence-electron chi connectivity index (χ0n) is 10.2. The Hall–Kier alpha value is -1.84. The molecular formula is C15H13ClN2O. The summed E-state index contributed by atoms with van der Waals surface area (Å²) in [5.74, 6) is -0.0398. The van der Waals surface area contributed by atoms with Crippen molar-refractivity contribution in [3.63, 3.8) is 0 Å². The van der Waals surface area contributed by atoms with E-state index in [0.717, 1.165) is 16.8 Å². The molecule has 1 amide bonds. The molecule has 0 spiro atoms. The summed E-state index contributed by atoms with van der Waals surface area (Å²) in [6, 6.07) is 15.5. The minimum Gasteiger partial charge on any atom is -0.325 e. The largest absolute Gasteiger partial charge is 0.325 e. The number of benzene rings is 2. The summed E-state index contributed by atoms with van der Waals surface area (Å²) >= 11 is 6.08. The predicted octanol–water partition coefficient (Wildman–Crippen LogP) is 2.97. The highest BCUT2D eigenvalue weighted by atomic mass is 35.5. The number of fused-ring (bicyclic) bond motifs is 1. The Morgan fingerprint density at radius 2 is 1.89 bits per heavy atom. The molecule has 3 rings (SSSR count). The molecule has 0 fully saturated rings. The minimum absolute atomic E-state index is 0.0335. The molecule has 0 saturated carbocycles. The van der Waals surface area contributed by atoms with Crippen molar-refractivity contribution in [2.24, 2.45) is 0 Å². The van der Waals surface area contributed by atoms with Crippen LogP contribution in [0.4, 0.5) is 5.69 Å². The van der Waals surface area contributed by atoms with Crippen LogP contribution in [0.1, 0.15) is 17.2 Å². The van der Waals surface area contributed by atoms with Gasteiger partial charge in [-0.25, -0.2) is 0 Å². The van der Waals surface area contributed by atoms with Gasteiger partial charge in [-0.05, 0) is 29.3 Å². The van der Waals surface area contributed by atoms with Crippen LogP contribution in [0, 0.1) is 0 Å². The zero-order chi connectivity index (χ0) is 13.2. The van der Waals surface area contributed by atoms with Crippen molar-refractivity contribution in [2.45, 2.75) is 6.04 Å². The Morgan fingerprint density at radius 3 is 2.68 bits per heavy atom. The lowest BCUT2D eigenvalue weighted by molar-refractivity contribution is -0.115. The maximum absolute atomic E-state index is 11.7. The summed E-state index contributed by atoms with van der Waals surface area (Å²) < 4.78 is 0. The third kappa shape index (κ3) is 2.48. The molecule has 4 heteroatoms. The second kappa shape index (κ2) is 5.03. The fourth-order valence-corrected chi connectivity index (χ4v) is 2.51. The first-order valence-corrected chi connectivity index (χ1v) is 6.49. The maximum Gasteiger partial charge on any atom is 0.238 e. The number of anilines is 1. The van der Waals surface area contributed by atoms with E-state index in [0.29, 0.717) is 5.02 Å². The Balaban J connectivity index is 2.11. The van der Waals surface area contributed by atoms with Gasteiger partial charge in [0, 0.05) is 10.7 Å². The minimum atomic E-state index is -0.0398. The monoisotopic (exact) mass is 272 g/mol. The number of nitrogens with one attached hydrogen (secondary N) is 2. The van der Waals surface area contributed by atoms with Gasteiger partial charge in [-0.1, -0.05) is 41.9 Å². The maximum atomic E-state index is 11.7. The van der Waals surface area contributed by atoms with E-state index in [2.05, 4.69) is 10.6 Å². The SMILES string of the molecule is O=C1CN[C@H](c2ccccc2)c2cc(Cl)ccc2N1. The number of halogens is 1. The molecule has 2 N–H and O–H groups in total. The molecule has 19 heavy (non-hydrogen) atoms. The van der Waals surface area contributed by atoms with E-state index in [1.165, 1.54) is 0 Å². The van der Waals surface area contributed by atoms with Gasteiger partial charge < -0.3 is 5.32 Å². The van der Waals surface area contributed by atoms with Gasteiger partial charge in [0.1, 0.15) is 0 Å². The van der Waals surface area contributed by atoms with Gasteiger partial charge in [-0.2, -0.15) is 0 Å². The van der Waals surface area contributed by atoms with Crippen molar-refractivity contribution in [3.05, 3.63) is 64.7 Å². The van der Waals surface area contributed by atoms with Crippen LogP contribution in [0.2, 0.25) is 5.02 Å². The fraction of sp³-hybridized carbons (Fsp3) is 0.133. The molecule has 3 nitrogen and oxygen atoms in total. The molecule has 1 aliphatic heterocycles. The lowest BCUT2D eigenvalue weighted by atomic mass is 9.97. The van der Waals surface area contributed by atoms with Gasteiger partial charge in [-0.15, -0.1) is 0 Å². The summed E-state index contributed by atoms with van der Waals surface area (Å²) in [6.07, 6.45) is 0. The first-order valence-electron chi connectivity index (χ1n) is 6.11. The molecule has 0 aliphatic carbocycles. The van der Waals surface area contributed by atoms with Crippen LogP contribution in [0.15, 0.2) is 48.5 Å². The lowest BCUT2D eigenvalue weighted by Gasteiger charge is -2.18. The number of rotatable bonds is 1. The van der Waals surface area contributed by atoms with E-state index in [4.69, 9.17) is 11.6 Å². The molecule has 96 valence electrons. The third-order valence-electron chi connectivity index (χ3n) is 3.20. The Labute approximate surface area is 116 Å². The van der Waals surface area contributed by atoms with Gasteiger partial charge in [0.05, 0.1) is 12.6 Å². The molecule has 0 unspecified atom stereocenters. The van der Waals surface area contributed by atoms with Crippen LogP contribution in [-0.4, -0.2) is 12.5 Å². The average Bonchev–Trinajstić information content (AvgIpc) is 2.58. The van der Waals surface area contributed by atoms with Gasteiger partial charge >= 0.3 is 0 Å². The highest BCUT2D eigenvalue weighted by molar-refractivity contribution is 6.30. The summed E-state index contributed by atoms with van der Waals surface area (Å²) in [5, 5.41) is 6.81. The fourth-order valence-electron chi connectivity index (χ4n) is 2.33. The smallest absolute Gasteiger partial charge is 0.238 e. The van der Waals surface area contributed by atoms with Crippen LogP contribution >= 0.6 is 11.6 Å². The van der Waals surface area contributed by atoms with E-state index < -0.39 is 0 Å². The molecular weight excluding hydrogens is 260 g/mol. The van der Waals surface area contributed by atoms with E-state index in [1.54, 1.807) is 6.07 Å². The number of hydrogen-bond acceptors (Lipinski definition) is 2. The molecule has 1 atom stereocenters. The standard InChI is InChI=1S/C15H13ClN2O/c16-11-6-7-13-12(8-11)15(17-9-14(19)18-13)10-4-2-1-3-5-10/h1-8,15,17H,9H2,(H,18,19)/t15-/m1/s1. The molecule has 0 saturated heterocycles. The van der Waals surface area contributed by atoms with Crippen molar-refractivity contribution in [1.29, 1.82) is 0 Å². The molecule has 0 aromatic heterocycles. The van der Waals surface area contributed by atoms with Crippen LogP contribution in [-0.2, 0) is 4.79 Å². The average molecular weight is 273 g/mol. The second-order valence-electron chi connectivity index (χ2n) is 4.50. The number of hydrogen-bond donors (Lipinski definition) is 2. The lowest BCUT2D eigenvalue weighted by Crippen LogP contribution is -2.27. The van der Waals surface area contributed by atoms with Crippen molar-refractivity contribution in [1.82, 2.24) is 5.32 Å².